The minimum Gasteiger partial charge on any atom is -0.477 e. The number of carbonyl (C=O) groups is 2. The van der Waals surface area contributed by atoms with Gasteiger partial charge < -0.3 is 20.2 Å². The van der Waals surface area contributed by atoms with E-state index < -0.39 is 10.7 Å². The molecular formula is C20H15N3O5. The van der Waals surface area contributed by atoms with E-state index in [2.05, 4.69) is 10.3 Å². The number of hydrogen-bond donors (Lipinski definition) is 1. The van der Waals surface area contributed by atoms with Gasteiger partial charge in [-0.15, -0.1) is 0 Å². The molecule has 0 fully saturated rings. The van der Waals surface area contributed by atoms with Crippen LogP contribution >= 0.6 is 0 Å². The van der Waals surface area contributed by atoms with Gasteiger partial charge in [-0.2, -0.15) is 0 Å². The summed E-state index contributed by atoms with van der Waals surface area (Å²) in [4.78, 5) is 38.2. The Bertz CT molecular complexity index is 1000. The van der Waals surface area contributed by atoms with Crippen molar-refractivity contribution in [2.75, 3.05) is 11.9 Å². The number of pyridine rings is 1. The fraction of sp³-hybridized carbons (Fsp3) is 0.0500. The summed E-state index contributed by atoms with van der Waals surface area (Å²) in [5.41, 5.74) is 1.41. The molecule has 3 aromatic rings. The highest BCUT2D eigenvalue weighted by atomic mass is 16.6. The highest BCUT2D eigenvalue weighted by Gasteiger charge is 2.17. The second-order valence-electron chi connectivity index (χ2n) is 5.69. The number of amides is 1. The van der Waals surface area contributed by atoms with Gasteiger partial charge >= 0.3 is 5.82 Å². The Morgan fingerprint density at radius 1 is 0.964 bits per heavy atom. The third kappa shape index (κ3) is 4.55. The molecular weight excluding hydrogens is 362 g/mol. The van der Waals surface area contributed by atoms with Crippen LogP contribution in [0.15, 0.2) is 72.9 Å². The number of nitro groups is 1. The first-order chi connectivity index (χ1) is 13.5. The number of Topliss-reactive ketones (excluding diaryl/α,β-unsaturated/α-hetero) is 1. The minimum atomic E-state index is -0.677. The molecule has 0 aliphatic rings. The smallest absolute Gasteiger partial charge is 0.406 e. The summed E-state index contributed by atoms with van der Waals surface area (Å²) in [5, 5.41) is 13.6. The monoisotopic (exact) mass is 377 g/mol. The number of rotatable bonds is 7. The molecule has 140 valence electrons. The van der Waals surface area contributed by atoms with Gasteiger partial charge in [0.05, 0.1) is 0 Å². The van der Waals surface area contributed by atoms with Gasteiger partial charge in [-0.25, -0.2) is 0 Å². The molecule has 1 heterocycles. The molecule has 0 aliphatic heterocycles. The number of anilines is 1. The van der Waals surface area contributed by atoms with Crippen LogP contribution in [0, 0.1) is 10.1 Å². The second-order valence-corrected chi connectivity index (χ2v) is 5.69. The van der Waals surface area contributed by atoms with Gasteiger partial charge in [0.1, 0.15) is 6.20 Å². The first-order valence-electron chi connectivity index (χ1n) is 8.26. The fourth-order valence-electron chi connectivity index (χ4n) is 2.39. The number of ether oxygens (including phenoxy) is 1. The summed E-state index contributed by atoms with van der Waals surface area (Å²) < 4.78 is 5.24. The molecule has 0 bridgehead atoms. The zero-order valence-corrected chi connectivity index (χ0v) is 14.6. The van der Waals surface area contributed by atoms with E-state index in [0.29, 0.717) is 16.8 Å². The topological polar surface area (TPSA) is 111 Å². The predicted molar refractivity (Wildman–Crippen MR) is 102 cm³/mol. The Balaban J connectivity index is 1.61. The third-order valence-corrected chi connectivity index (χ3v) is 3.78. The summed E-state index contributed by atoms with van der Waals surface area (Å²) in [6.45, 7) is -0.373. The molecule has 8 heteroatoms. The number of hydrogen-bond acceptors (Lipinski definition) is 6. The SMILES string of the molecule is O=C(COc1cccnc1[N+](=O)[O-])c1ccc(NC(=O)c2ccccc2)cc1. The Morgan fingerprint density at radius 3 is 2.36 bits per heavy atom. The molecule has 8 nitrogen and oxygen atoms in total. The maximum Gasteiger partial charge on any atom is 0.406 e. The van der Waals surface area contributed by atoms with Crippen molar-refractivity contribution in [3.63, 3.8) is 0 Å². The molecule has 3 rings (SSSR count). The Morgan fingerprint density at radius 2 is 1.68 bits per heavy atom. The Labute approximate surface area is 159 Å². The van der Waals surface area contributed by atoms with Crippen LogP contribution in [0.3, 0.4) is 0 Å². The normalized spacial score (nSPS) is 10.1. The summed E-state index contributed by atoms with van der Waals surface area (Å²) in [6.07, 6.45) is 1.27. The predicted octanol–water partition coefficient (Wildman–Crippen LogP) is 3.50. The van der Waals surface area contributed by atoms with Crippen LogP contribution in [-0.4, -0.2) is 28.2 Å². The summed E-state index contributed by atoms with van der Waals surface area (Å²) in [5.74, 6) is -1.15. The van der Waals surface area contributed by atoms with E-state index in [9.17, 15) is 19.7 Å². The molecule has 0 saturated carbocycles. The Hall–Kier alpha value is -4.07. The lowest BCUT2D eigenvalue weighted by molar-refractivity contribution is -0.390. The maximum atomic E-state index is 12.3. The first-order valence-corrected chi connectivity index (χ1v) is 8.26. The summed E-state index contributed by atoms with van der Waals surface area (Å²) in [7, 11) is 0. The van der Waals surface area contributed by atoms with Crippen LogP contribution in [0.1, 0.15) is 20.7 Å². The largest absolute Gasteiger partial charge is 0.477 e. The molecule has 0 aliphatic carbocycles. The lowest BCUT2D eigenvalue weighted by atomic mass is 10.1. The number of benzene rings is 2. The zero-order chi connectivity index (χ0) is 19.9. The van der Waals surface area contributed by atoms with Gasteiger partial charge in [0.2, 0.25) is 5.75 Å². The van der Waals surface area contributed by atoms with Crippen molar-refractivity contribution in [2.24, 2.45) is 0 Å². The van der Waals surface area contributed by atoms with Crippen molar-refractivity contribution in [3.05, 3.63) is 94.2 Å². The molecule has 0 atom stereocenters. The number of carbonyl (C=O) groups excluding carboxylic acids is 2. The standard InChI is InChI=1S/C20H15N3O5/c24-17(13-28-18-7-4-12-21-19(18)23(26)27)14-8-10-16(11-9-14)22-20(25)15-5-2-1-3-6-15/h1-12H,13H2,(H,22,25). The minimum absolute atomic E-state index is 0.0763. The third-order valence-electron chi connectivity index (χ3n) is 3.78. The van der Waals surface area contributed by atoms with Crippen molar-refractivity contribution in [3.8, 4) is 5.75 Å². The van der Waals surface area contributed by atoms with Gasteiger partial charge in [0.15, 0.2) is 12.4 Å². The average molecular weight is 377 g/mol. The van der Waals surface area contributed by atoms with Crippen LogP contribution in [0.25, 0.3) is 0 Å². The summed E-state index contributed by atoms with van der Waals surface area (Å²) >= 11 is 0. The summed E-state index contributed by atoms with van der Waals surface area (Å²) in [6, 6.07) is 17.9. The van der Waals surface area contributed by atoms with E-state index in [1.807, 2.05) is 6.07 Å². The highest BCUT2D eigenvalue weighted by molar-refractivity contribution is 6.04. The van der Waals surface area contributed by atoms with E-state index in [4.69, 9.17) is 4.74 Å². The lowest BCUT2D eigenvalue weighted by Gasteiger charge is -2.07. The highest BCUT2D eigenvalue weighted by Crippen LogP contribution is 2.23. The van der Waals surface area contributed by atoms with E-state index in [-0.39, 0.29) is 24.0 Å². The molecule has 0 saturated heterocycles. The van der Waals surface area contributed by atoms with Gasteiger partial charge in [0.25, 0.3) is 5.91 Å². The van der Waals surface area contributed by atoms with Crippen LogP contribution < -0.4 is 10.1 Å². The average Bonchev–Trinajstić information content (AvgIpc) is 2.73. The van der Waals surface area contributed by atoms with Crippen molar-refractivity contribution in [2.45, 2.75) is 0 Å². The second kappa shape index (κ2) is 8.54. The molecule has 2 aromatic carbocycles. The van der Waals surface area contributed by atoms with Crippen LogP contribution in [-0.2, 0) is 0 Å². The van der Waals surface area contributed by atoms with E-state index in [0.717, 1.165) is 0 Å². The van der Waals surface area contributed by atoms with Crippen molar-refractivity contribution in [1.82, 2.24) is 4.98 Å². The number of aromatic nitrogens is 1. The van der Waals surface area contributed by atoms with Crippen molar-refractivity contribution < 1.29 is 19.2 Å². The van der Waals surface area contributed by atoms with Gasteiger partial charge in [-0.1, -0.05) is 18.2 Å². The van der Waals surface area contributed by atoms with E-state index in [1.165, 1.54) is 18.3 Å². The molecule has 0 spiro atoms. The molecule has 1 N–H and O–H groups in total. The fourth-order valence-corrected chi connectivity index (χ4v) is 2.39. The van der Waals surface area contributed by atoms with E-state index >= 15 is 0 Å². The molecule has 0 radical (unpaired) electrons. The molecule has 1 aromatic heterocycles. The molecule has 1 amide bonds. The zero-order valence-electron chi connectivity index (χ0n) is 14.6. The molecule has 28 heavy (non-hydrogen) atoms. The maximum absolute atomic E-state index is 12.3. The van der Waals surface area contributed by atoms with Crippen molar-refractivity contribution >= 4 is 23.2 Å². The Kier molecular flexibility index (Phi) is 5.71. The quantitative estimate of drug-likeness (QED) is 0.383. The van der Waals surface area contributed by atoms with Crippen LogP contribution in [0.4, 0.5) is 11.5 Å². The van der Waals surface area contributed by atoms with Crippen LogP contribution in [0.5, 0.6) is 5.75 Å². The number of nitrogens with one attached hydrogen (secondary N) is 1. The van der Waals surface area contributed by atoms with Crippen molar-refractivity contribution in [1.29, 1.82) is 0 Å². The lowest BCUT2D eigenvalue weighted by Crippen LogP contribution is -2.14. The number of ketones is 1. The number of nitrogens with zero attached hydrogens (tertiary/aromatic N) is 2. The van der Waals surface area contributed by atoms with Gasteiger partial charge in [-0.05, 0) is 58.4 Å². The molecule has 0 unspecified atom stereocenters. The van der Waals surface area contributed by atoms with Gasteiger partial charge in [0, 0.05) is 16.8 Å². The van der Waals surface area contributed by atoms with Gasteiger partial charge in [-0.3, -0.25) is 9.59 Å². The van der Waals surface area contributed by atoms with E-state index in [1.54, 1.807) is 48.5 Å². The van der Waals surface area contributed by atoms with Crippen LogP contribution in [0.2, 0.25) is 0 Å². The first kappa shape index (κ1) is 18.7.